The molecule has 0 bridgehead atoms. The Balaban J connectivity index is 1.58. The number of anilines is 1. The molecule has 1 aliphatic rings. The number of aromatic nitrogens is 4. The highest BCUT2D eigenvalue weighted by atomic mass is 35.5. The molecule has 1 amide bonds. The second-order valence-electron chi connectivity index (χ2n) is 8.84. The first-order valence-electron chi connectivity index (χ1n) is 12.1. The minimum absolute atomic E-state index is 0.0489. The maximum absolute atomic E-state index is 12.7. The van der Waals surface area contributed by atoms with E-state index in [2.05, 4.69) is 15.3 Å². The largest absolute Gasteiger partial charge is 0.385 e. The number of methoxy groups -OCH3 is 1. The maximum atomic E-state index is 12.7. The molecule has 3 heterocycles. The van der Waals surface area contributed by atoms with Crippen molar-refractivity contribution < 1.29 is 14.3 Å². The molecule has 3 aromatic heterocycles. The van der Waals surface area contributed by atoms with Crippen molar-refractivity contribution in [3.05, 3.63) is 64.6 Å². The molecule has 37 heavy (non-hydrogen) atoms. The molecule has 0 fully saturated rings. The minimum Gasteiger partial charge on any atom is -0.385 e. The zero-order valence-electron chi connectivity index (χ0n) is 20.6. The number of rotatable bonds is 9. The van der Waals surface area contributed by atoms with Gasteiger partial charge in [0.1, 0.15) is 0 Å². The Morgan fingerprint density at radius 3 is 2.81 bits per heavy atom. The molecule has 8 nitrogen and oxygen atoms in total. The molecule has 10 heteroatoms. The molecule has 5 rings (SSSR count). The van der Waals surface area contributed by atoms with Gasteiger partial charge >= 0.3 is 0 Å². The zero-order valence-corrected chi connectivity index (χ0v) is 22.2. The summed E-state index contributed by atoms with van der Waals surface area (Å²) >= 11 is 8.20. The molecule has 190 valence electrons. The van der Waals surface area contributed by atoms with E-state index in [0.717, 1.165) is 58.8 Å². The van der Waals surface area contributed by atoms with Gasteiger partial charge in [-0.3, -0.25) is 14.6 Å². The van der Waals surface area contributed by atoms with Gasteiger partial charge in [-0.15, -0.1) is 0 Å². The standard InChI is InChI=1S/C27H26ClN5O3S/c1-16(34)30-27-31-21-10-9-19-24(18-6-5-12-29-15-18)32-33(25(19)26(21)37-27)22-11-8-17(14-20(22)28)23(35)7-3-4-13-36-2/h5-6,8,11-12,14-15H,3-4,7,9-10,13H2,1-2H3,(H,30,31,34). The molecule has 0 saturated heterocycles. The van der Waals surface area contributed by atoms with Crippen LogP contribution in [-0.4, -0.2) is 45.2 Å². The quantitative estimate of drug-likeness (QED) is 0.216. The number of benzene rings is 1. The van der Waals surface area contributed by atoms with E-state index in [0.29, 0.717) is 34.4 Å². The van der Waals surface area contributed by atoms with Gasteiger partial charge < -0.3 is 10.1 Å². The molecule has 1 N–H and O–H groups in total. The Morgan fingerprint density at radius 2 is 2.08 bits per heavy atom. The third-order valence-electron chi connectivity index (χ3n) is 6.23. The number of ether oxygens (including phenoxy) is 1. The minimum atomic E-state index is -0.165. The van der Waals surface area contributed by atoms with Crippen molar-refractivity contribution in [1.82, 2.24) is 19.7 Å². The van der Waals surface area contributed by atoms with Crippen molar-refractivity contribution >= 4 is 39.8 Å². The summed E-state index contributed by atoms with van der Waals surface area (Å²) in [5.41, 5.74) is 5.88. The van der Waals surface area contributed by atoms with E-state index in [4.69, 9.17) is 21.4 Å². The Hall–Kier alpha value is -3.40. The van der Waals surface area contributed by atoms with Gasteiger partial charge in [0.2, 0.25) is 5.91 Å². The van der Waals surface area contributed by atoms with Crippen molar-refractivity contribution in [2.75, 3.05) is 19.0 Å². The van der Waals surface area contributed by atoms with Crippen molar-refractivity contribution in [2.24, 2.45) is 0 Å². The predicted octanol–water partition coefficient (Wildman–Crippen LogP) is 5.77. The fourth-order valence-electron chi connectivity index (χ4n) is 4.51. The number of aryl methyl sites for hydroxylation is 1. The van der Waals surface area contributed by atoms with E-state index in [9.17, 15) is 9.59 Å². The maximum Gasteiger partial charge on any atom is 0.223 e. The number of nitrogens with zero attached hydrogens (tertiary/aromatic N) is 4. The summed E-state index contributed by atoms with van der Waals surface area (Å²) in [4.78, 5) is 34.3. The molecule has 1 aromatic carbocycles. The summed E-state index contributed by atoms with van der Waals surface area (Å²) in [6.45, 7) is 2.11. The van der Waals surface area contributed by atoms with Gasteiger partial charge in [-0.05, 0) is 56.0 Å². The summed E-state index contributed by atoms with van der Waals surface area (Å²) < 4.78 is 6.90. The smallest absolute Gasteiger partial charge is 0.223 e. The number of hydrogen-bond acceptors (Lipinski definition) is 7. The summed E-state index contributed by atoms with van der Waals surface area (Å²) in [6, 6.07) is 9.23. The van der Waals surface area contributed by atoms with Crippen LogP contribution >= 0.6 is 22.9 Å². The van der Waals surface area contributed by atoms with Crippen LogP contribution in [0.5, 0.6) is 0 Å². The molecule has 0 aliphatic heterocycles. The van der Waals surface area contributed by atoms with Gasteiger partial charge in [0.05, 0.1) is 32.7 Å². The van der Waals surface area contributed by atoms with E-state index in [1.807, 2.05) is 22.9 Å². The summed E-state index contributed by atoms with van der Waals surface area (Å²) in [7, 11) is 1.66. The third-order valence-corrected chi connectivity index (χ3v) is 7.55. The topological polar surface area (TPSA) is 99.0 Å². The van der Waals surface area contributed by atoms with Gasteiger partial charge in [0, 0.05) is 56.1 Å². The second-order valence-corrected chi connectivity index (χ2v) is 10.3. The van der Waals surface area contributed by atoms with E-state index >= 15 is 0 Å². The number of halogens is 1. The van der Waals surface area contributed by atoms with E-state index < -0.39 is 0 Å². The number of fused-ring (bicyclic) bond motifs is 3. The Kier molecular flexibility index (Phi) is 7.45. The molecule has 0 radical (unpaired) electrons. The average molecular weight is 536 g/mol. The molecular formula is C27H26ClN5O3S. The highest BCUT2D eigenvalue weighted by Gasteiger charge is 2.30. The molecular weight excluding hydrogens is 510 g/mol. The first kappa shape index (κ1) is 25.3. The normalized spacial score (nSPS) is 12.2. The van der Waals surface area contributed by atoms with Gasteiger partial charge in [0.25, 0.3) is 0 Å². The number of carbonyl (C=O) groups is 2. The molecule has 0 saturated carbocycles. The fourth-order valence-corrected chi connectivity index (χ4v) is 5.89. The van der Waals surface area contributed by atoms with Crippen molar-refractivity contribution in [3.8, 4) is 27.5 Å². The fraction of sp³-hybridized carbons (Fsp3) is 0.296. The molecule has 0 spiro atoms. The van der Waals surface area contributed by atoms with Gasteiger partial charge in [-0.25, -0.2) is 9.67 Å². The van der Waals surface area contributed by atoms with Crippen molar-refractivity contribution in [1.29, 1.82) is 0 Å². The number of Topliss-reactive ketones (excluding diaryl/α,β-unsaturated/α-hetero) is 1. The van der Waals surface area contributed by atoms with Crippen LogP contribution in [0.3, 0.4) is 0 Å². The summed E-state index contributed by atoms with van der Waals surface area (Å²) in [6.07, 6.45) is 7.05. The molecule has 0 unspecified atom stereocenters. The molecule has 1 aliphatic carbocycles. The first-order valence-corrected chi connectivity index (χ1v) is 13.3. The first-order chi connectivity index (χ1) is 18.0. The highest BCUT2D eigenvalue weighted by molar-refractivity contribution is 7.19. The van der Waals surface area contributed by atoms with Crippen LogP contribution in [0.4, 0.5) is 5.13 Å². The van der Waals surface area contributed by atoms with Gasteiger partial charge in [-0.1, -0.05) is 22.9 Å². The molecule has 4 aromatic rings. The number of hydrogen-bond donors (Lipinski definition) is 1. The predicted molar refractivity (Wildman–Crippen MR) is 145 cm³/mol. The van der Waals surface area contributed by atoms with Crippen LogP contribution < -0.4 is 5.32 Å². The Bertz CT molecular complexity index is 1460. The summed E-state index contributed by atoms with van der Waals surface area (Å²) in [5.74, 6) is -0.116. The van der Waals surface area contributed by atoms with Crippen LogP contribution in [0.1, 0.15) is 47.8 Å². The molecule has 0 atom stereocenters. The van der Waals surface area contributed by atoms with Crippen LogP contribution in [0.25, 0.3) is 27.5 Å². The lowest BCUT2D eigenvalue weighted by atomic mass is 9.95. The van der Waals surface area contributed by atoms with Crippen molar-refractivity contribution in [3.63, 3.8) is 0 Å². The number of thiazole rings is 1. The second kappa shape index (κ2) is 10.9. The monoisotopic (exact) mass is 535 g/mol. The van der Waals surface area contributed by atoms with Gasteiger partial charge in [-0.2, -0.15) is 5.10 Å². The number of amides is 1. The third kappa shape index (κ3) is 5.20. The number of unbranched alkanes of at least 4 members (excludes halogenated alkanes) is 1. The van der Waals surface area contributed by atoms with Crippen LogP contribution in [-0.2, 0) is 22.4 Å². The van der Waals surface area contributed by atoms with Crippen LogP contribution in [0, 0.1) is 0 Å². The van der Waals surface area contributed by atoms with Crippen LogP contribution in [0.15, 0.2) is 42.7 Å². The highest BCUT2D eigenvalue weighted by Crippen LogP contribution is 2.44. The number of carbonyl (C=O) groups excluding carboxylic acids is 2. The van der Waals surface area contributed by atoms with E-state index in [1.165, 1.54) is 18.3 Å². The number of nitrogens with one attached hydrogen (secondary N) is 1. The SMILES string of the molecule is COCCCCC(=O)c1ccc(-n2nc(-c3cccnc3)c3c2-c2sc(NC(C)=O)nc2CC3)c(Cl)c1. The summed E-state index contributed by atoms with van der Waals surface area (Å²) in [5, 5.41) is 8.79. The number of pyridine rings is 1. The Labute approximate surface area is 223 Å². The Morgan fingerprint density at radius 1 is 1.22 bits per heavy atom. The van der Waals surface area contributed by atoms with Crippen LogP contribution in [0.2, 0.25) is 5.02 Å². The lowest BCUT2D eigenvalue weighted by Gasteiger charge is -2.15. The van der Waals surface area contributed by atoms with E-state index in [-0.39, 0.29) is 11.7 Å². The van der Waals surface area contributed by atoms with Gasteiger partial charge in [0.15, 0.2) is 10.9 Å². The lowest BCUT2D eigenvalue weighted by Crippen LogP contribution is -2.07. The van der Waals surface area contributed by atoms with E-state index in [1.54, 1.807) is 31.6 Å². The van der Waals surface area contributed by atoms with Crippen molar-refractivity contribution in [2.45, 2.75) is 39.0 Å². The lowest BCUT2D eigenvalue weighted by molar-refractivity contribution is -0.114. The average Bonchev–Trinajstić information content (AvgIpc) is 3.47. The number of ketones is 1. The zero-order chi connectivity index (χ0) is 25.9.